The molecule has 15 heavy (non-hydrogen) atoms. The Morgan fingerprint density at radius 1 is 1.53 bits per heavy atom. The van der Waals surface area contributed by atoms with E-state index in [1.54, 1.807) is 0 Å². The van der Waals surface area contributed by atoms with Crippen molar-refractivity contribution in [3.8, 4) is 0 Å². The van der Waals surface area contributed by atoms with Gasteiger partial charge in [0, 0.05) is 28.1 Å². The third-order valence-corrected chi connectivity index (χ3v) is 2.91. The largest absolute Gasteiger partial charge is 0.398 e. The topological polar surface area (TPSA) is 73.0 Å². The number of hydrogen-bond acceptors (Lipinski definition) is 4. The summed E-state index contributed by atoms with van der Waals surface area (Å²) < 4.78 is 46.6. The molecule has 0 bridgehead atoms. The summed E-state index contributed by atoms with van der Waals surface area (Å²) in [6.45, 7) is 1.24. The number of nitrogens with two attached hydrogens (primary N) is 1. The lowest BCUT2D eigenvalue weighted by Gasteiger charge is -2.08. The van der Waals surface area contributed by atoms with E-state index in [0.29, 0.717) is 0 Å². The molecule has 0 fully saturated rings. The van der Waals surface area contributed by atoms with Crippen LogP contribution in [-0.4, -0.2) is 13.4 Å². The van der Waals surface area contributed by atoms with Crippen LogP contribution in [0, 0.1) is 6.92 Å². The Kier molecular flexibility index (Phi) is 3.15. The fraction of sp³-hybridized carbons (Fsp3) is 0.286. The van der Waals surface area contributed by atoms with Crippen molar-refractivity contribution in [3.63, 3.8) is 0 Å². The van der Waals surface area contributed by atoms with E-state index in [2.05, 4.69) is 4.98 Å². The number of alkyl halides is 2. The van der Waals surface area contributed by atoms with Gasteiger partial charge in [-0.2, -0.15) is 0 Å². The molecule has 0 saturated heterocycles. The first-order valence-corrected chi connectivity index (χ1v) is 6.04. The average Bonchev–Trinajstić information content (AvgIpc) is 1.99. The van der Waals surface area contributed by atoms with Gasteiger partial charge in [0.05, 0.1) is 5.56 Å². The van der Waals surface area contributed by atoms with Crippen LogP contribution in [0.15, 0.2) is 11.1 Å². The lowest BCUT2D eigenvalue weighted by Crippen LogP contribution is -2.05. The van der Waals surface area contributed by atoms with Gasteiger partial charge < -0.3 is 5.73 Å². The molecule has 84 valence electrons. The van der Waals surface area contributed by atoms with Gasteiger partial charge in [0.2, 0.25) is 0 Å². The number of nitrogens with zero attached hydrogens (tertiary/aromatic N) is 1. The van der Waals surface area contributed by atoms with E-state index in [4.69, 9.17) is 16.4 Å². The first-order chi connectivity index (χ1) is 6.73. The molecule has 0 amide bonds. The predicted molar refractivity (Wildman–Crippen MR) is 51.4 cm³/mol. The summed E-state index contributed by atoms with van der Waals surface area (Å²) in [4.78, 5) is 3.45. The van der Waals surface area contributed by atoms with Crippen LogP contribution in [-0.2, 0) is 9.05 Å². The molecular formula is C7H7ClF2N2O2S. The number of nitrogen functional groups attached to an aromatic ring is 1. The van der Waals surface area contributed by atoms with Gasteiger partial charge in [-0.25, -0.2) is 22.2 Å². The first-order valence-electron chi connectivity index (χ1n) is 3.73. The van der Waals surface area contributed by atoms with E-state index >= 15 is 0 Å². The molecule has 0 unspecified atom stereocenters. The van der Waals surface area contributed by atoms with Crippen molar-refractivity contribution >= 4 is 25.4 Å². The van der Waals surface area contributed by atoms with Crippen LogP contribution >= 0.6 is 10.7 Å². The molecule has 8 heteroatoms. The Morgan fingerprint density at radius 3 is 2.40 bits per heavy atom. The molecule has 1 aromatic heterocycles. The van der Waals surface area contributed by atoms with E-state index in [1.165, 1.54) is 6.92 Å². The number of rotatable bonds is 2. The number of aromatic nitrogens is 1. The first kappa shape index (κ1) is 12.1. The summed E-state index contributed by atoms with van der Waals surface area (Å²) in [6, 6.07) is 0.816. The number of aryl methyl sites for hydroxylation is 1. The van der Waals surface area contributed by atoms with Gasteiger partial charge in [-0.3, -0.25) is 0 Å². The van der Waals surface area contributed by atoms with Gasteiger partial charge >= 0.3 is 0 Å². The van der Waals surface area contributed by atoms with E-state index < -0.39 is 26.1 Å². The molecule has 0 radical (unpaired) electrons. The molecule has 1 heterocycles. The van der Waals surface area contributed by atoms with Crippen molar-refractivity contribution in [3.05, 3.63) is 17.3 Å². The summed E-state index contributed by atoms with van der Waals surface area (Å²) in [5.74, 6) is 0. The molecule has 1 rings (SSSR count). The second-order valence-corrected chi connectivity index (χ2v) is 5.30. The highest BCUT2D eigenvalue weighted by Gasteiger charge is 2.20. The zero-order valence-electron chi connectivity index (χ0n) is 7.54. The molecule has 0 atom stereocenters. The Morgan fingerprint density at radius 2 is 2.07 bits per heavy atom. The van der Waals surface area contributed by atoms with Crippen molar-refractivity contribution in [1.29, 1.82) is 0 Å². The maximum Gasteiger partial charge on any atom is 0.278 e. The van der Waals surface area contributed by atoms with Gasteiger partial charge in [0.15, 0.2) is 5.03 Å². The highest BCUT2D eigenvalue weighted by Crippen LogP contribution is 2.29. The van der Waals surface area contributed by atoms with Crippen LogP contribution in [0.1, 0.15) is 17.7 Å². The summed E-state index contributed by atoms with van der Waals surface area (Å²) >= 11 is 0. The third kappa shape index (κ3) is 2.54. The molecule has 0 aliphatic carbocycles. The fourth-order valence-corrected chi connectivity index (χ4v) is 1.84. The summed E-state index contributed by atoms with van der Waals surface area (Å²) in [6.07, 6.45) is -2.80. The van der Waals surface area contributed by atoms with E-state index in [1.807, 2.05) is 0 Å². The van der Waals surface area contributed by atoms with E-state index in [0.717, 1.165) is 6.07 Å². The number of hydrogen-bond donors (Lipinski definition) is 1. The molecule has 0 aliphatic rings. The Bertz CT molecular complexity index is 467. The van der Waals surface area contributed by atoms with Crippen molar-refractivity contribution in [2.45, 2.75) is 18.4 Å². The zero-order valence-corrected chi connectivity index (χ0v) is 9.11. The molecule has 0 spiro atoms. The lowest BCUT2D eigenvalue weighted by atomic mass is 10.2. The molecule has 0 aliphatic heterocycles. The minimum Gasteiger partial charge on any atom is -0.398 e. The minimum absolute atomic E-state index is 0.149. The third-order valence-electron chi connectivity index (χ3n) is 1.73. The second kappa shape index (κ2) is 3.90. The van der Waals surface area contributed by atoms with E-state index in [9.17, 15) is 17.2 Å². The number of anilines is 1. The van der Waals surface area contributed by atoms with Crippen LogP contribution < -0.4 is 5.73 Å². The van der Waals surface area contributed by atoms with Gasteiger partial charge in [0.25, 0.3) is 15.5 Å². The van der Waals surface area contributed by atoms with Crippen LogP contribution in [0.25, 0.3) is 0 Å². The quantitative estimate of drug-likeness (QED) is 0.820. The molecule has 1 aromatic rings. The summed E-state index contributed by atoms with van der Waals surface area (Å²) in [7, 11) is 0.947. The monoisotopic (exact) mass is 256 g/mol. The summed E-state index contributed by atoms with van der Waals surface area (Å²) in [5, 5.41) is -0.524. The van der Waals surface area contributed by atoms with Crippen molar-refractivity contribution in [1.82, 2.24) is 4.98 Å². The van der Waals surface area contributed by atoms with Crippen LogP contribution in [0.5, 0.6) is 0 Å². The van der Waals surface area contributed by atoms with Crippen molar-refractivity contribution < 1.29 is 17.2 Å². The summed E-state index contributed by atoms with van der Waals surface area (Å²) in [5.41, 5.74) is 4.32. The standard InChI is InChI=1S/C7H7ClF2N2O2S/c1-3-6(7(9)10)4(11)2-5(12-3)15(8,13)14/h2,7H,1H3,(H2,11,12). The molecule has 4 nitrogen and oxygen atoms in total. The molecular weight excluding hydrogens is 250 g/mol. The fourth-order valence-electron chi connectivity index (χ4n) is 1.09. The Labute approximate surface area is 89.5 Å². The second-order valence-electron chi connectivity index (χ2n) is 2.79. The zero-order chi connectivity index (χ0) is 11.8. The minimum atomic E-state index is -4.05. The van der Waals surface area contributed by atoms with Crippen LogP contribution in [0.2, 0.25) is 0 Å². The molecule has 0 aromatic carbocycles. The van der Waals surface area contributed by atoms with Crippen molar-refractivity contribution in [2.75, 3.05) is 5.73 Å². The number of pyridine rings is 1. The highest BCUT2D eigenvalue weighted by atomic mass is 35.7. The van der Waals surface area contributed by atoms with Gasteiger partial charge in [-0.1, -0.05) is 0 Å². The molecule has 0 saturated carbocycles. The Hall–Kier alpha value is -0.950. The van der Waals surface area contributed by atoms with Crippen LogP contribution in [0.4, 0.5) is 14.5 Å². The van der Waals surface area contributed by atoms with E-state index in [-0.39, 0.29) is 11.4 Å². The van der Waals surface area contributed by atoms with Crippen LogP contribution in [0.3, 0.4) is 0 Å². The maximum absolute atomic E-state index is 12.4. The van der Waals surface area contributed by atoms with Gasteiger partial charge in [-0.05, 0) is 6.92 Å². The van der Waals surface area contributed by atoms with Crippen molar-refractivity contribution in [2.24, 2.45) is 0 Å². The maximum atomic E-state index is 12.4. The smallest absolute Gasteiger partial charge is 0.278 e. The lowest BCUT2D eigenvalue weighted by molar-refractivity contribution is 0.151. The number of halogens is 3. The molecule has 2 N–H and O–H groups in total. The Balaban J connectivity index is 3.45. The SMILES string of the molecule is Cc1nc(S(=O)(=O)Cl)cc(N)c1C(F)F. The average molecular weight is 257 g/mol. The predicted octanol–water partition coefficient (Wildman–Crippen LogP) is 1.84. The normalized spacial score (nSPS) is 12.1. The highest BCUT2D eigenvalue weighted by molar-refractivity contribution is 8.13. The van der Waals surface area contributed by atoms with Gasteiger partial charge in [0.1, 0.15) is 0 Å². The van der Waals surface area contributed by atoms with Gasteiger partial charge in [-0.15, -0.1) is 0 Å².